The van der Waals surface area contributed by atoms with E-state index in [0.717, 1.165) is 23.8 Å². The van der Waals surface area contributed by atoms with Gasteiger partial charge in [0.25, 0.3) is 0 Å². The standard InChI is InChI=1S/C13H19ClN2/c1-10-9-16(2)8-7-12(10)15-13-6-4-3-5-11(13)14/h3-6,10,12,15H,7-9H2,1-2H3. The zero-order chi connectivity index (χ0) is 11.5. The Morgan fingerprint density at radius 1 is 1.38 bits per heavy atom. The van der Waals surface area contributed by atoms with Crippen LogP contribution in [0.5, 0.6) is 0 Å². The van der Waals surface area contributed by atoms with E-state index >= 15 is 0 Å². The van der Waals surface area contributed by atoms with Gasteiger partial charge < -0.3 is 10.2 Å². The summed E-state index contributed by atoms with van der Waals surface area (Å²) in [6.07, 6.45) is 1.18. The number of hydrogen-bond donors (Lipinski definition) is 1. The van der Waals surface area contributed by atoms with Gasteiger partial charge in [-0.3, -0.25) is 0 Å². The molecule has 0 amide bonds. The van der Waals surface area contributed by atoms with Crippen LogP contribution in [0.3, 0.4) is 0 Å². The monoisotopic (exact) mass is 238 g/mol. The number of hydrogen-bond acceptors (Lipinski definition) is 2. The maximum atomic E-state index is 6.15. The highest BCUT2D eigenvalue weighted by atomic mass is 35.5. The number of para-hydroxylation sites is 1. The molecule has 16 heavy (non-hydrogen) atoms. The second-order valence-electron chi connectivity index (χ2n) is 4.76. The number of nitrogens with zero attached hydrogens (tertiary/aromatic N) is 1. The maximum absolute atomic E-state index is 6.15. The number of likely N-dealkylation sites (tertiary alicyclic amines) is 1. The Kier molecular flexibility index (Phi) is 3.72. The number of piperidine rings is 1. The summed E-state index contributed by atoms with van der Waals surface area (Å²) in [5.41, 5.74) is 1.06. The molecule has 3 heteroatoms. The molecule has 1 fully saturated rings. The van der Waals surface area contributed by atoms with Crippen molar-refractivity contribution in [2.24, 2.45) is 5.92 Å². The van der Waals surface area contributed by atoms with Crippen molar-refractivity contribution in [3.8, 4) is 0 Å². The molecule has 2 rings (SSSR count). The number of anilines is 1. The minimum Gasteiger partial charge on any atom is -0.381 e. The van der Waals surface area contributed by atoms with Gasteiger partial charge in [-0.15, -0.1) is 0 Å². The van der Waals surface area contributed by atoms with Gasteiger partial charge in [0.15, 0.2) is 0 Å². The molecular weight excluding hydrogens is 220 g/mol. The first-order chi connectivity index (χ1) is 7.66. The van der Waals surface area contributed by atoms with Crippen LogP contribution < -0.4 is 5.32 Å². The fraction of sp³-hybridized carbons (Fsp3) is 0.538. The summed E-state index contributed by atoms with van der Waals surface area (Å²) in [6.45, 7) is 4.61. The van der Waals surface area contributed by atoms with Crippen LogP contribution in [0.15, 0.2) is 24.3 Å². The summed E-state index contributed by atoms with van der Waals surface area (Å²) in [5.74, 6) is 0.662. The van der Waals surface area contributed by atoms with Gasteiger partial charge >= 0.3 is 0 Å². The van der Waals surface area contributed by atoms with Crippen LogP contribution >= 0.6 is 11.6 Å². The van der Waals surface area contributed by atoms with Gasteiger partial charge in [-0.1, -0.05) is 30.7 Å². The van der Waals surface area contributed by atoms with Crippen molar-refractivity contribution in [1.29, 1.82) is 0 Å². The molecule has 1 aromatic rings. The Bertz CT molecular complexity index is 354. The fourth-order valence-electron chi connectivity index (χ4n) is 2.35. The topological polar surface area (TPSA) is 15.3 Å². The van der Waals surface area contributed by atoms with E-state index in [1.807, 2.05) is 24.3 Å². The SMILES string of the molecule is CC1CN(C)CCC1Nc1ccccc1Cl. The molecular formula is C13H19ClN2. The van der Waals surface area contributed by atoms with Crippen molar-refractivity contribution in [2.75, 3.05) is 25.5 Å². The number of benzene rings is 1. The molecule has 0 spiro atoms. The lowest BCUT2D eigenvalue weighted by Crippen LogP contribution is -2.43. The second kappa shape index (κ2) is 5.07. The van der Waals surface area contributed by atoms with E-state index in [-0.39, 0.29) is 0 Å². The summed E-state index contributed by atoms with van der Waals surface area (Å²) in [5, 5.41) is 4.37. The predicted octanol–water partition coefficient (Wildman–Crippen LogP) is 3.09. The average molecular weight is 239 g/mol. The van der Waals surface area contributed by atoms with E-state index in [0.29, 0.717) is 12.0 Å². The smallest absolute Gasteiger partial charge is 0.0637 e. The third-order valence-corrected chi connectivity index (χ3v) is 3.65. The molecule has 0 saturated carbocycles. The molecule has 2 unspecified atom stereocenters. The zero-order valence-corrected chi connectivity index (χ0v) is 10.7. The Labute approximate surface area is 103 Å². The minimum absolute atomic E-state index is 0.538. The second-order valence-corrected chi connectivity index (χ2v) is 5.17. The van der Waals surface area contributed by atoms with Gasteiger partial charge in [-0.2, -0.15) is 0 Å². The van der Waals surface area contributed by atoms with Crippen molar-refractivity contribution < 1.29 is 0 Å². The van der Waals surface area contributed by atoms with Gasteiger partial charge in [-0.05, 0) is 38.1 Å². The van der Waals surface area contributed by atoms with Crippen LogP contribution in [0.1, 0.15) is 13.3 Å². The van der Waals surface area contributed by atoms with Gasteiger partial charge in [0.2, 0.25) is 0 Å². The fourth-order valence-corrected chi connectivity index (χ4v) is 2.54. The first-order valence-electron chi connectivity index (χ1n) is 5.86. The van der Waals surface area contributed by atoms with Crippen LogP contribution in [-0.2, 0) is 0 Å². The lowest BCUT2D eigenvalue weighted by Gasteiger charge is -2.35. The minimum atomic E-state index is 0.538. The molecule has 1 aliphatic heterocycles. The average Bonchev–Trinajstić information content (AvgIpc) is 2.25. The van der Waals surface area contributed by atoms with E-state index in [1.54, 1.807) is 0 Å². The van der Waals surface area contributed by atoms with E-state index in [9.17, 15) is 0 Å². The molecule has 88 valence electrons. The Morgan fingerprint density at radius 3 is 2.81 bits per heavy atom. The van der Waals surface area contributed by atoms with E-state index < -0.39 is 0 Å². The maximum Gasteiger partial charge on any atom is 0.0637 e. The predicted molar refractivity (Wildman–Crippen MR) is 70.1 cm³/mol. The van der Waals surface area contributed by atoms with Crippen LogP contribution in [0, 0.1) is 5.92 Å². The third-order valence-electron chi connectivity index (χ3n) is 3.32. The number of rotatable bonds is 2. The first-order valence-corrected chi connectivity index (χ1v) is 6.24. The highest BCUT2D eigenvalue weighted by Crippen LogP contribution is 2.25. The molecule has 1 aromatic carbocycles. The van der Waals surface area contributed by atoms with E-state index in [2.05, 4.69) is 24.2 Å². The van der Waals surface area contributed by atoms with Crippen molar-refractivity contribution in [3.63, 3.8) is 0 Å². The summed E-state index contributed by atoms with van der Waals surface area (Å²) in [4.78, 5) is 2.38. The summed E-state index contributed by atoms with van der Waals surface area (Å²) < 4.78 is 0. The quantitative estimate of drug-likeness (QED) is 0.852. The lowest BCUT2D eigenvalue weighted by atomic mass is 9.94. The van der Waals surface area contributed by atoms with Crippen molar-refractivity contribution in [1.82, 2.24) is 4.90 Å². The van der Waals surface area contributed by atoms with Crippen LogP contribution in [0.25, 0.3) is 0 Å². The summed E-state index contributed by atoms with van der Waals surface area (Å²) in [7, 11) is 2.18. The molecule has 1 heterocycles. The molecule has 0 aromatic heterocycles. The van der Waals surface area contributed by atoms with Gasteiger partial charge in [0.1, 0.15) is 0 Å². The summed E-state index contributed by atoms with van der Waals surface area (Å²) in [6, 6.07) is 8.51. The van der Waals surface area contributed by atoms with Crippen molar-refractivity contribution in [2.45, 2.75) is 19.4 Å². The molecule has 1 N–H and O–H groups in total. The van der Waals surface area contributed by atoms with Crippen LogP contribution in [0.2, 0.25) is 5.02 Å². The van der Waals surface area contributed by atoms with Crippen LogP contribution in [0.4, 0.5) is 5.69 Å². The lowest BCUT2D eigenvalue weighted by molar-refractivity contribution is 0.206. The highest BCUT2D eigenvalue weighted by Gasteiger charge is 2.24. The van der Waals surface area contributed by atoms with Crippen LogP contribution in [-0.4, -0.2) is 31.1 Å². The molecule has 0 aliphatic carbocycles. The molecule has 1 saturated heterocycles. The summed E-state index contributed by atoms with van der Waals surface area (Å²) >= 11 is 6.15. The number of halogens is 1. The molecule has 0 bridgehead atoms. The zero-order valence-electron chi connectivity index (χ0n) is 9.91. The van der Waals surface area contributed by atoms with Crippen molar-refractivity contribution in [3.05, 3.63) is 29.3 Å². The van der Waals surface area contributed by atoms with Crippen molar-refractivity contribution >= 4 is 17.3 Å². The first kappa shape index (κ1) is 11.7. The van der Waals surface area contributed by atoms with E-state index in [4.69, 9.17) is 11.6 Å². The molecule has 0 radical (unpaired) electrons. The number of nitrogens with one attached hydrogen (secondary N) is 1. The largest absolute Gasteiger partial charge is 0.381 e. The van der Waals surface area contributed by atoms with Gasteiger partial charge in [0.05, 0.1) is 10.7 Å². The normalized spacial score (nSPS) is 26.7. The Hall–Kier alpha value is -0.730. The Morgan fingerprint density at radius 2 is 2.12 bits per heavy atom. The van der Waals surface area contributed by atoms with Gasteiger partial charge in [-0.25, -0.2) is 0 Å². The van der Waals surface area contributed by atoms with E-state index in [1.165, 1.54) is 6.42 Å². The highest BCUT2D eigenvalue weighted by molar-refractivity contribution is 6.33. The third kappa shape index (κ3) is 2.69. The molecule has 1 aliphatic rings. The molecule has 2 nitrogen and oxygen atoms in total. The Balaban J connectivity index is 2.02. The molecule has 2 atom stereocenters. The van der Waals surface area contributed by atoms with Gasteiger partial charge in [0, 0.05) is 12.6 Å².